The van der Waals surface area contributed by atoms with Gasteiger partial charge in [0.2, 0.25) is 0 Å². The molecule has 0 saturated carbocycles. The third-order valence-electron chi connectivity index (χ3n) is 4.77. The van der Waals surface area contributed by atoms with Gasteiger partial charge in [0.05, 0.1) is 12.8 Å². The molecule has 7 heteroatoms. The Morgan fingerprint density at radius 2 is 1.93 bits per heavy atom. The standard InChI is InChI=1S/C21H18F2N4O/c1-28-20-6-2-5-18(23)17(20)10-8-14-7-9-16(21-26-25-13-27(14)21)15-4-3-11-24-19(15)12-22/h2-7,9,11,13H,8,10,12H2,1H3. The maximum Gasteiger partial charge on any atom is 0.168 e. The van der Waals surface area contributed by atoms with Crippen molar-refractivity contribution >= 4 is 5.65 Å². The average molecular weight is 380 g/mol. The summed E-state index contributed by atoms with van der Waals surface area (Å²) in [4.78, 5) is 4.10. The predicted octanol–water partition coefficient (Wildman–Crippen LogP) is 4.19. The molecule has 1 aromatic carbocycles. The third-order valence-corrected chi connectivity index (χ3v) is 4.77. The fourth-order valence-electron chi connectivity index (χ4n) is 3.39. The van der Waals surface area contributed by atoms with Crippen LogP contribution in [0.15, 0.2) is 55.0 Å². The Morgan fingerprint density at radius 1 is 1.04 bits per heavy atom. The smallest absolute Gasteiger partial charge is 0.168 e. The molecule has 5 nitrogen and oxygen atoms in total. The summed E-state index contributed by atoms with van der Waals surface area (Å²) in [5.74, 6) is 0.235. The van der Waals surface area contributed by atoms with Crippen LogP contribution in [0.25, 0.3) is 16.8 Å². The van der Waals surface area contributed by atoms with Gasteiger partial charge >= 0.3 is 0 Å². The lowest BCUT2D eigenvalue weighted by Gasteiger charge is -2.12. The van der Waals surface area contributed by atoms with Gasteiger partial charge in [0.25, 0.3) is 0 Å². The number of aromatic nitrogens is 4. The Labute approximate surface area is 160 Å². The molecule has 28 heavy (non-hydrogen) atoms. The fraction of sp³-hybridized carbons (Fsp3) is 0.190. The molecule has 0 spiro atoms. The molecular weight excluding hydrogens is 362 g/mol. The van der Waals surface area contributed by atoms with Gasteiger partial charge in [0.1, 0.15) is 24.6 Å². The number of alkyl halides is 1. The van der Waals surface area contributed by atoms with E-state index in [4.69, 9.17) is 4.74 Å². The van der Waals surface area contributed by atoms with Crippen LogP contribution < -0.4 is 4.74 Å². The van der Waals surface area contributed by atoms with E-state index in [9.17, 15) is 8.78 Å². The summed E-state index contributed by atoms with van der Waals surface area (Å²) in [5.41, 5.74) is 3.86. The minimum absolute atomic E-state index is 0.293. The van der Waals surface area contributed by atoms with Gasteiger partial charge < -0.3 is 4.74 Å². The highest BCUT2D eigenvalue weighted by Crippen LogP contribution is 2.28. The maximum atomic E-state index is 14.2. The largest absolute Gasteiger partial charge is 0.496 e. The van der Waals surface area contributed by atoms with E-state index in [1.54, 1.807) is 30.7 Å². The van der Waals surface area contributed by atoms with Gasteiger partial charge in [0, 0.05) is 28.6 Å². The van der Waals surface area contributed by atoms with Crippen molar-refractivity contribution in [2.75, 3.05) is 7.11 Å². The highest BCUT2D eigenvalue weighted by Gasteiger charge is 2.15. The number of hydrogen-bond donors (Lipinski definition) is 0. The van der Waals surface area contributed by atoms with Crippen LogP contribution in [0.3, 0.4) is 0 Å². The van der Waals surface area contributed by atoms with Crippen LogP contribution in [0, 0.1) is 5.82 Å². The SMILES string of the molecule is COc1cccc(F)c1CCc1ccc(-c2cccnc2CF)c2nncn12. The maximum absolute atomic E-state index is 14.2. The topological polar surface area (TPSA) is 52.3 Å². The predicted molar refractivity (Wildman–Crippen MR) is 101 cm³/mol. The number of methoxy groups -OCH3 is 1. The number of aryl methyl sites for hydroxylation is 1. The van der Waals surface area contributed by atoms with Gasteiger partial charge in [0.15, 0.2) is 5.65 Å². The molecule has 0 N–H and O–H groups in total. The number of fused-ring (bicyclic) bond motifs is 1. The number of nitrogens with zero attached hydrogens (tertiary/aromatic N) is 4. The molecule has 0 aliphatic carbocycles. The van der Waals surface area contributed by atoms with Crippen LogP contribution in [0.4, 0.5) is 8.78 Å². The van der Waals surface area contributed by atoms with Crippen molar-refractivity contribution < 1.29 is 13.5 Å². The minimum atomic E-state index is -0.661. The van der Waals surface area contributed by atoms with Crippen LogP contribution >= 0.6 is 0 Å². The fourth-order valence-corrected chi connectivity index (χ4v) is 3.39. The molecule has 3 aromatic heterocycles. The first-order chi connectivity index (χ1) is 13.7. The summed E-state index contributed by atoms with van der Waals surface area (Å²) in [6, 6.07) is 12.2. The molecule has 0 radical (unpaired) electrons. The van der Waals surface area contributed by atoms with E-state index in [0.717, 1.165) is 11.3 Å². The second-order valence-corrected chi connectivity index (χ2v) is 6.31. The lowest BCUT2D eigenvalue weighted by Crippen LogP contribution is -2.03. The first kappa shape index (κ1) is 18.0. The van der Waals surface area contributed by atoms with Gasteiger partial charge in [-0.2, -0.15) is 0 Å². The van der Waals surface area contributed by atoms with E-state index in [0.29, 0.717) is 41.1 Å². The zero-order valence-corrected chi connectivity index (χ0v) is 15.3. The summed E-state index contributed by atoms with van der Waals surface area (Å²) < 4.78 is 34.7. The highest BCUT2D eigenvalue weighted by atomic mass is 19.1. The molecule has 4 aromatic rings. The molecule has 0 aliphatic rings. The summed E-state index contributed by atoms with van der Waals surface area (Å²) in [6.07, 6.45) is 4.20. The molecule has 0 amide bonds. The molecule has 0 bridgehead atoms. The Kier molecular flexibility index (Phi) is 4.97. The zero-order chi connectivity index (χ0) is 19.5. The number of benzene rings is 1. The number of hydrogen-bond acceptors (Lipinski definition) is 4. The van der Waals surface area contributed by atoms with E-state index in [-0.39, 0.29) is 5.82 Å². The van der Waals surface area contributed by atoms with Crippen LogP contribution in [0.1, 0.15) is 17.0 Å². The third kappa shape index (κ3) is 3.19. The normalized spacial score (nSPS) is 11.1. The van der Waals surface area contributed by atoms with Crippen molar-refractivity contribution in [2.45, 2.75) is 19.5 Å². The van der Waals surface area contributed by atoms with E-state index in [1.807, 2.05) is 22.6 Å². The summed E-state index contributed by atoms with van der Waals surface area (Å²) >= 11 is 0. The number of ether oxygens (including phenoxy) is 1. The molecule has 0 fully saturated rings. The van der Waals surface area contributed by atoms with Crippen LogP contribution in [0.5, 0.6) is 5.75 Å². The zero-order valence-electron chi connectivity index (χ0n) is 15.3. The molecule has 0 atom stereocenters. The monoisotopic (exact) mass is 380 g/mol. The van der Waals surface area contributed by atoms with E-state index < -0.39 is 6.67 Å². The van der Waals surface area contributed by atoms with Gasteiger partial charge in [-0.05, 0) is 43.2 Å². The average Bonchev–Trinajstić information content (AvgIpc) is 3.22. The lowest BCUT2D eigenvalue weighted by atomic mass is 10.0. The van der Waals surface area contributed by atoms with Crippen molar-refractivity contribution in [1.29, 1.82) is 0 Å². The van der Waals surface area contributed by atoms with Crippen LogP contribution in [-0.2, 0) is 19.5 Å². The van der Waals surface area contributed by atoms with Crippen LogP contribution in [-0.4, -0.2) is 26.7 Å². The highest BCUT2D eigenvalue weighted by molar-refractivity contribution is 5.78. The number of rotatable bonds is 6. The van der Waals surface area contributed by atoms with E-state index >= 15 is 0 Å². The van der Waals surface area contributed by atoms with Crippen molar-refractivity contribution in [3.8, 4) is 16.9 Å². The van der Waals surface area contributed by atoms with E-state index in [2.05, 4.69) is 15.2 Å². The molecular formula is C21H18F2N4O. The molecule has 0 unspecified atom stereocenters. The Morgan fingerprint density at radius 3 is 2.75 bits per heavy atom. The van der Waals surface area contributed by atoms with Gasteiger partial charge in [-0.15, -0.1) is 10.2 Å². The molecule has 3 heterocycles. The molecule has 0 saturated heterocycles. The quantitative estimate of drug-likeness (QED) is 0.503. The number of halogens is 2. The Hall–Kier alpha value is -3.35. The van der Waals surface area contributed by atoms with Crippen molar-refractivity contribution in [2.24, 2.45) is 0 Å². The summed E-state index contributed by atoms with van der Waals surface area (Å²) in [5, 5.41) is 8.21. The first-order valence-corrected chi connectivity index (χ1v) is 8.86. The Bertz CT molecular complexity index is 1130. The van der Waals surface area contributed by atoms with E-state index in [1.165, 1.54) is 13.2 Å². The van der Waals surface area contributed by atoms with Gasteiger partial charge in [-0.3, -0.25) is 9.38 Å². The van der Waals surface area contributed by atoms with Crippen LogP contribution in [0.2, 0.25) is 0 Å². The van der Waals surface area contributed by atoms with Gasteiger partial charge in [-0.25, -0.2) is 8.78 Å². The minimum Gasteiger partial charge on any atom is -0.496 e. The number of pyridine rings is 2. The lowest BCUT2D eigenvalue weighted by molar-refractivity contribution is 0.404. The Balaban J connectivity index is 1.71. The summed E-state index contributed by atoms with van der Waals surface area (Å²) in [6.45, 7) is -0.661. The van der Waals surface area contributed by atoms with Gasteiger partial charge in [-0.1, -0.05) is 12.1 Å². The van der Waals surface area contributed by atoms with Crippen molar-refractivity contribution in [3.05, 3.63) is 77.8 Å². The summed E-state index contributed by atoms with van der Waals surface area (Å²) in [7, 11) is 1.53. The molecule has 142 valence electrons. The second-order valence-electron chi connectivity index (χ2n) is 6.31. The second kappa shape index (κ2) is 7.72. The van der Waals surface area contributed by atoms with Crippen molar-refractivity contribution in [3.63, 3.8) is 0 Å². The molecule has 0 aliphatic heterocycles. The van der Waals surface area contributed by atoms with Crippen molar-refractivity contribution in [1.82, 2.24) is 19.6 Å². The molecule has 4 rings (SSSR count). The first-order valence-electron chi connectivity index (χ1n) is 8.86.